The number of fused-ring (bicyclic) bond motifs is 1. The highest BCUT2D eigenvalue weighted by Gasteiger charge is 2.40. The maximum absolute atomic E-state index is 11.4. The van der Waals surface area contributed by atoms with Crippen LogP contribution in [0.1, 0.15) is 12.0 Å². The molecule has 1 fully saturated rings. The highest BCUT2D eigenvalue weighted by molar-refractivity contribution is 8.00. The van der Waals surface area contributed by atoms with Gasteiger partial charge in [0, 0.05) is 11.3 Å². The number of nitriles is 1. The van der Waals surface area contributed by atoms with Crippen molar-refractivity contribution < 1.29 is 9.53 Å². The van der Waals surface area contributed by atoms with Crippen molar-refractivity contribution in [3.05, 3.63) is 23.8 Å². The third-order valence-corrected chi connectivity index (χ3v) is 4.47. The third kappa shape index (κ3) is 1.78. The van der Waals surface area contributed by atoms with Gasteiger partial charge in [0.2, 0.25) is 5.91 Å². The van der Waals surface area contributed by atoms with Crippen LogP contribution in [-0.2, 0) is 14.9 Å². The molecule has 1 amide bonds. The number of amides is 1. The molecule has 1 aromatic carbocycles. The standard InChI is InChI=1S/C13H12N2O2S/c14-4-3-13(7-17-8-13)9-1-2-11-10(5-9)15-12(16)6-18-11/h1-2,5H,3,6-8H2,(H,15,16). The number of rotatable bonds is 2. The largest absolute Gasteiger partial charge is 0.379 e. The lowest BCUT2D eigenvalue weighted by Crippen LogP contribution is -2.46. The van der Waals surface area contributed by atoms with Crippen molar-refractivity contribution >= 4 is 23.4 Å². The van der Waals surface area contributed by atoms with Crippen LogP contribution in [0.2, 0.25) is 0 Å². The Balaban J connectivity index is 1.97. The van der Waals surface area contributed by atoms with Crippen LogP contribution in [0.15, 0.2) is 23.1 Å². The van der Waals surface area contributed by atoms with Crippen molar-refractivity contribution in [1.82, 2.24) is 0 Å². The Hall–Kier alpha value is -1.51. The van der Waals surface area contributed by atoms with Gasteiger partial charge in [0.1, 0.15) is 0 Å². The van der Waals surface area contributed by atoms with Gasteiger partial charge in [-0.2, -0.15) is 5.26 Å². The molecule has 0 aliphatic carbocycles. The van der Waals surface area contributed by atoms with E-state index >= 15 is 0 Å². The van der Waals surface area contributed by atoms with Crippen LogP contribution in [0.3, 0.4) is 0 Å². The van der Waals surface area contributed by atoms with Crippen molar-refractivity contribution in [1.29, 1.82) is 5.26 Å². The van der Waals surface area contributed by atoms with E-state index in [-0.39, 0.29) is 11.3 Å². The van der Waals surface area contributed by atoms with Crippen molar-refractivity contribution in [3.8, 4) is 6.07 Å². The molecule has 5 heteroatoms. The molecule has 2 aliphatic heterocycles. The first-order valence-electron chi connectivity index (χ1n) is 5.75. The van der Waals surface area contributed by atoms with Crippen LogP contribution in [-0.4, -0.2) is 24.9 Å². The number of nitrogens with zero attached hydrogens (tertiary/aromatic N) is 1. The van der Waals surface area contributed by atoms with Gasteiger partial charge in [0.15, 0.2) is 0 Å². The summed E-state index contributed by atoms with van der Waals surface area (Å²) in [5.41, 5.74) is 1.76. The minimum absolute atomic E-state index is 0.0313. The van der Waals surface area contributed by atoms with Gasteiger partial charge in [0.05, 0.1) is 36.1 Å². The Bertz CT molecular complexity index is 546. The summed E-state index contributed by atoms with van der Waals surface area (Å²) in [6.07, 6.45) is 0.451. The van der Waals surface area contributed by atoms with E-state index in [4.69, 9.17) is 10.00 Å². The topological polar surface area (TPSA) is 62.1 Å². The zero-order valence-electron chi connectivity index (χ0n) is 9.73. The highest BCUT2D eigenvalue weighted by Crippen LogP contribution is 2.40. The number of carbonyl (C=O) groups excluding carboxylic acids is 1. The fraction of sp³-hybridized carbons (Fsp3) is 0.385. The van der Waals surface area contributed by atoms with Gasteiger partial charge in [-0.25, -0.2) is 0 Å². The predicted octanol–water partition coefficient (Wildman–Crippen LogP) is 1.91. The van der Waals surface area contributed by atoms with Gasteiger partial charge in [-0.3, -0.25) is 4.79 Å². The molecule has 0 saturated carbocycles. The predicted molar refractivity (Wildman–Crippen MR) is 68.5 cm³/mol. The number of hydrogen-bond donors (Lipinski definition) is 1. The molecule has 0 spiro atoms. The molecule has 0 unspecified atom stereocenters. The van der Waals surface area contributed by atoms with Gasteiger partial charge >= 0.3 is 0 Å². The van der Waals surface area contributed by atoms with E-state index in [1.807, 2.05) is 18.2 Å². The molecular formula is C13H12N2O2S. The van der Waals surface area contributed by atoms with Gasteiger partial charge in [-0.15, -0.1) is 11.8 Å². The molecule has 0 atom stereocenters. The molecular weight excluding hydrogens is 248 g/mol. The number of hydrogen-bond acceptors (Lipinski definition) is 4. The molecule has 92 valence electrons. The molecule has 2 aliphatic rings. The average molecular weight is 260 g/mol. The summed E-state index contributed by atoms with van der Waals surface area (Å²) < 4.78 is 5.27. The van der Waals surface area contributed by atoms with E-state index in [1.165, 1.54) is 0 Å². The first-order chi connectivity index (χ1) is 8.73. The van der Waals surface area contributed by atoms with Crippen molar-refractivity contribution in [2.75, 3.05) is 24.3 Å². The highest BCUT2D eigenvalue weighted by atomic mass is 32.2. The second-order valence-electron chi connectivity index (χ2n) is 4.66. The molecule has 1 aromatic rings. The Kier molecular flexibility index (Phi) is 2.77. The van der Waals surface area contributed by atoms with E-state index < -0.39 is 0 Å². The van der Waals surface area contributed by atoms with Crippen LogP contribution in [0.4, 0.5) is 5.69 Å². The van der Waals surface area contributed by atoms with E-state index in [2.05, 4.69) is 11.4 Å². The minimum atomic E-state index is -0.184. The van der Waals surface area contributed by atoms with Gasteiger partial charge in [-0.1, -0.05) is 6.07 Å². The van der Waals surface area contributed by atoms with Crippen molar-refractivity contribution in [2.45, 2.75) is 16.7 Å². The first kappa shape index (κ1) is 11.6. The number of nitrogens with one attached hydrogen (secondary N) is 1. The fourth-order valence-corrected chi connectivity index (χ4v) is 3.07. The molecule has 0 bridgehead atoms. The molecule has 4 nitrogen and oxygen atoms in total. The van der Waals surface area contributed by atoms with E-state index in [9.17, 15) is 4.79 Å². The second kappa shape index (κ2) is 4.30. The quantitative estimate of drug-likeness (QED) is 0.882. The molecule has 18 heavy (non-hydrogen) atoms. The third-order valence-electron chi connectivity index (χ3n) is 3.40. The number of anilines is 1. The number of benzene rings is 1. The number of carbonyl (C=O) groups is 1. The molecule has 0 radical (unpaired) electrons. The maximum Gasteiger partial charge on any atom is 0.234 e. The zero-order valence-corrected chi connectivity index (χ0v) is 10.5. The molecule has 3 rings (SSSR count). The fourth-order valence-electron chi connectivity index (χ4n) is 2.28. The number of thioether (sulfide) groups is 1. The average Bonchev–Trinajstić information content (AvgIpc) is 2.33. The molecule has 1 N–H and O–H groups in total. The lowest BCUT2D eigenvalue weighted by atomic mass is 9.76. The minimum Gasteiger partial charge on any atom is -0.379 e. The SMILES string of the molecule is N#CCC1(c2ccc3c(c2)NC(=O)CS3)COC1. The van der Waals surface area contributed by atoms with Crippen molar-refractivity contribution in [2.24, 2.45) is 0 Å². The van der Waals surface area contributed by atoms with E-state index in [1.54, 1.807) is 11.8 Å². The molecule has 1 saturated heterocycles. The zero-order chi connectivity index (χ0) is 12.6. The summed E-state index contributed by atoms with van der Waals surface area (Å²) in [4.78, 5) is 12.5. The monoisotopic (exact) mass is 260 g/mol. The first-order valence-corrected chi connectivity index (χ1v) is 6.74. The molecule has 0 aromatic heterocycles. The van der Waals surface area contributed by atoms with Crippen LogP contribution >= 0.6 is 11.8 Å². The Morgan fingerprint density at radius 2 is 2.33 bits per heavy atom. The van der Waals surface area contributed by atoms with Gasteiger partial charge in [0.25, 0.3) is 0 Å². The van der Waals surface area contributed by atoms with Crippen LogP contribution in [0, 0.1) is 11.3 Å². The summed E-state index contributed by atoms with van der Waals surface area (Å²) in [7, 11) is 0. The number of ether oxygens (including phenoxy) is 1. The summed E-state index contributed by atoms with van der Waals surface area (Å²) in [5.74, 6) is 0.502. The summed E-state index contributed by atoms with van der Waals surface area (Å²) in [6.45, 7) is 1.17. The van der Waals surface area contributed by atoms with Gasteiger partial charge in [-0.05, 0) is 17.7 Å². The lowest BCUT2D eigenvalue weighted by Gasteiger charge is -2.40. The summed E-state index contributed by atoms with van der Waals surface area (Å²) >= 11 is 1.55. The normalized spacial score (nSPS) is 20.3. The Morgan fingerprint density at radius 3 is 3.00 bits per heavy atom. The van der Waals surface area contributed by atoms with E-state index in [0.29, 0.717) is 25.4 Å². The second-order valence-corrected chi connectivity index (χ2v) is 5.67. The van der Waals surface area contributed by atoms with Gasteiger partial charge < -0.3 is 10.1 Å². The lowest BCUT2D eigenvalue weighted by molar-refractivity contribution is -0.113. The Labute approximate surface area is 109 Å². The van der Waals surface area contributed by atoms with Crippen LogP contribution in [0.5, 0.6) is 0 Å². The smallest absolute Gasteiger partial charge is 0.234 e. The van der Waals surface area contributed by atoms with Crippen LogP contribution < -0.4 is 5.32 Å². The van der Waals surface area contributed by atoms with Crippen LogP contribution in [0.25, 0.3) is 0 Å². The van der Waals surface area contributed by atoms with E-state index in [0.717, 1.165) is 16.1 Å². The molecule has 2 heterocycles. The summed E-state index contributed by atoms with van der Waals surface area (Å²) in [6, 6.07) is 8.28. The Morgan fingerprint density at radius 1 is 1.50 bits per heavy atom. The maximum atomic E-state index is 11.4. The van der Waals surface area contributed by atoms with Crippen molar-refractivity contribution in [3.63, 3.8) is 0 Å². The summed E-state index contributed by atoms with van der Waals surface area (Å²) in [5, 5.41) is 11.8.